The summed E-state index contributed by atoms with van der Waals surface area (Å²) in [6.07, 6.45) is 5.58. The van der Waals surface area contributed by atoms with E-state index in [0.29, 0.717) is 49.3 Å². The van der Waals surface area contributed by atoms with Crippen molar-refractivity contribution in [2.24, 2.45) is 0 Å². The molecule has 0 saturated heterocycles. The number of carbonyl (C=O) groups is 3. The van der Waals surface area contributed by atoms with Crippen molar-refractivity contribution < 1.29 is 14.4 Å². The van der Waals surface area contributed by atoms with Crippen LogP contribution in [0.15, 0.2) is 67.3 Å². The van der Waals surface area contributed by atoms with Crippen molar-refractivity contribution in [2.75, 3.05) is 18.0 Å². The summed E-state index contributed by atoms with van der Waals surface area (Å²) in [6.45, 7) is 1.55. The molecule has 0 spiro atoms. The lowest BCUT2D eigenvalue weighted by atomic mass is 10.0. The van der Waals surface area contributed by atoms with Crippen molar-refractivity contribution in [1.29, 1.82) is 0 Å². The zero-order valence-electron chi connectivity index (χ0n) is 17.5. The van der Waals surface area contributed by atoms with E-state index < -0.39 is 6.17 Å². The Morgan fingerprint density at radius 2 is 1.75 bits per heavy atom. The van der Waals surface area contributed by atoms with Gasteiger partial charge in [0, 0.05) is 49.6 Å². The minimum absolute atomic E-state index is 0.0604. The van der Waals surface area contributed by atoms with E-state index in [1.54, 1.807) is 40.5 Å². The van der Waals surface area contributed by atoms with Crippen LogP contribution >= 0.6 is 0 Å². The largest absolute Gasteiger partial charge is 0.354 e. The molecule has 8 nitrogen and oxygen atoms in total. The maximum atomic E-state index is 13.3. The highest BCUT2D eigenvalue weighted by Crippen LogP contribution is 2.45. The Bertz CT molecular complexity index is 1170. The van der Waals surface area contributed by atoms with E-state index in [4.69, 9.17) is 0 Å². The van der Waals surface area contributed by atoms with E-state index in [-0.39, 0.29) is 17.7 Å². The molecule has 5 rings (SSSR count). The molecule has 0 aliphatic carbocycles. The van der Waals surface area contributed by atoms with Crippen molar-refractivity contribution in [3.05, 3.63) is 83.9 Å². The van der Waals surface area contributed by atoms with Crippen LogP contribution in [0, 0.1) is 0 Å². The topological polar surface area (TPSA) is 87.5 Å². The summed E-state index contributed by atoms with van der Waals surface area (Å²) in [4.78, 5) is 46.2. The molecule has 0 fully saturated rings. The van der Waals surface area contributed by atoms with E-state index in [1.807, 2.05) is 41.1 Å². The van der Waals surface area contributed by atoms with E-state index in [1.165, 1.54) is 0 Å². The van der Waals surface area contributed by atoms with Gasteiger partial charge < -0.3 is 14.8 Å². The number of para-hydroxylation sites is 1. The van der Waals surface area contributed by atoms with Crippen molar-refractivity contribution in [2.45, 2.75) is 25.6 Å². The lowest BCUT2D eigenvalue weighted by Crippen LogP contribution is -2.48. The maximum Gasteiger partial charge on any atom is 0.260 e. The number of nitrogens with zero attached hydrogens (tertiary/aromatic N) is 4. The number of anilines is 1. The highest BCUT2D eigenvalue weighted by atomic mass is 16.2. The van der Waals surface area contributed by atoms with Crippen LogP contribution in [0.5, 0.6) is 0 Å². The van der Waals surface area contributed by atoms with Crippen LogP contribution in [0.2, 0.25) is 0 Å². The van der Waals surface area contributed by atoms with Gasteiger partial charge in [0.1, 0.15) is 6.17 Å². The predicted octanol–water partition coefficient (Wildman–Crippen LogP) is 2.59. The summed E-state index contributed by atoms with van der Waals surface area (Å²) < 4.78 is 1.90. The molecule has 2 aromatic carbocycles. The minimum atomic E-state index is -0.481. The van der Waals surface area contributed by atoms with Crippen LogP contribution in [0.4, 0.5) is 5.69 Å². The van der Waals surface area contributed by atoms with Crippen molar-refractivity contribution >= 4 is 23.4 Å². The van der Waals surface area contributed by atoms with Crippen LogP contribution in [-0.2, 0) is 11.3 Å². The van der Waals surface area contributed by atoms with Gasteiger partial charge in [0.25, 0.3) is 11.8 Å². The number of carbonyl (C=O) groups excluding carboxylic acids is 3. The van der Waals surface area contributed by atoms with Gasteiger partial charge in [-0.05, 0) is 24.6 Å². The number of amides is 3. The van der Waals surface area contributed by atoms with Gasteiger partial charge in [0.2, 0.25) is 5.91 Å². The Labute approximate surface area is 185 Å². The summed E-state index contributed by atoms with van der Waals surface area (Å²) in [5.41, 5.74) is 2.58. The van der Waals surface area contributed by atoms with Crippen LogP contribution in [0.1, 0.15) is 45.3 Å². The van der Waals surface area contributed by atoms with Gasteiger partial charge in [-0.1, -0.05) is 30.3 Å². The molecule has 1 N–H and O–H groups in total. The molecule has 3 aromatic rings. The lowest BCUT2D eigenvalue weighted by Gasteiger charge is -2.41. The number of imidazole rings is 1. The van der Waals surface area contributed by atoms with E-state index in [2.05, 4.69) is 10.3 Å². The van der Waals surface area contributed by atoms with E-state index in [0.717, 1.165) is 5.56 Å². The third-order valence-electron chi connectivity index (χ3n) is 5.94. The molecular weight excluding hydrogens is 406 g/mol. The number of benzene rings is 2. The fourth-order valence-corrected chi connectivity index (χ4v) is 4.44. The molecule has 2 aliphatic rings. The second-order valence-electron chi connectivity index (χ2n) is 7.91. The second kappa shape index (κ2) is 8.30. The second-order valence-corrected chi connectivity index (χ2v) is 7.91. The normalized spacial score (nSPS) is 16.6. The molecule has 0 saturated carbocycles. The average Bonchev–Trinajstić information content (AvgIpc) is 3.43. The van der Waals surface area contributed by atoms with Gasteiger partial charge >= 0.3 is 0 Å². The van der Waals surface area contributed by atoms with Gasteiger partial charge in [-0.3, -0.25) is 19.3 Å². The summed E-state index contributed by atoms with van der Waals surface area (Å²) >= 11 is 0. The first kappa shape index (κ1) is 20.0. The zero-order valence-corrected chi connectivity index (χ0v) is 17.5. The van der Waals surface area contributed by atoms with Gasteiger partial charge in [-0.2, -0.15) is 0 Å². The molecule has 3 amide bonds. The van der Waals surface area contributed by atoms with Gasteiger partial charge in [-0.25, -0.2) is 4.98 Å². The third kappa shape index (κ3) is 3.43. The van der Waals surface area contributed by atoms with Gasteiger partial charge in [-0.15, -0.1) is 0 Å². The highest BCUT2D eigenvalue weighted by Gasteiger charge is 2.47. The predicted molar refractivity (Wildman–Crippen MR) is 118 cm³/mol. The summed E-state index contributed by atoms with van der Waals surface area (Å²) in [5, 5.41) is 2.90. The third-order valence-corrected chi connectivity index (χ3v) is 5.94. The number of hydrogen-bond donors (Lipinski definition) is 1. The fourth-order valence-electron chi connectivity index (χ4n) is 4.44. The lowest BCUT2D eigenvalue weighted by molar-refractivity contribution is -0.121. The van der Waals surface area contributed by atoms with Gasteiger partial charge in [0.15, 0.2) is 0 Å². The van der Waals surface area contributed by atoms with Crippen molar-refractivity contribution in [3.8, 4) is 0 Å². The SMILES string of the molecule is O=C(CCCN1C(=O)c2ccccc2N2C(=O)c3ccccc3C12)NCCn1ccnc1. The molecule has 2 aliphatic heterocycles. The molecule has 162 valence electrons. The summed E-state index contributed by atoms with van der Waals surface area (Å²) in [5.74, 6) is -0.283. The molecule has 1 unspecified atom stereocenters. The van der Waals surface area contributed by atoms with Crippen LogP contribution in [-0.4, -0.2) is 45.3 Å². The smallest absolute Gasteiger partial charge is 0.260 e. The fraction of sp³-hybridized carbons (Fsp3) is 0.250. The quantitative estimate of drug-likeness (QED) is 0.625. The Balaban J connectivity index is 1.29. The molecule has 0 bridgehead atoms. The zero-order chi connectivity index (χ0) is 22.1. The Kier molecular flexibility index (Phi) is 5.18. The Morgan fingerprint density at radius 1 is 0.969 bits per heavy atom. The first-order valence-electron chi connectivity index (χ1n) is 10.7. The molecule has 8 heteroatoms. The molecule has 1 atom stereocenters. The summed E-state index contributed by atoms with van der Waals surface area (Å²) in [7, 11) is 0. The first-order chi connectivity index (χ1) is 15.6. The van der Waals surface area contributed by atoms with Crippen molar-refractivity contribution in [1.82, 2.24) is 19.8 Å². The highest BCUT2D eigenvalue weighted by molar-refractivity contribution is 6.16. The Hall–Kier alpha value is -3.94. The number of nitrogens with one attached hydrogen (secondary N) is 1. The molecule has 1 aromatic heterocycles. The minimum Gasteiger partial charge on any atom is -0.354 e. The van der Waals surface area contributed by atoms with Crippen LogP contribution in [0.25, 0.3) is 0 Å². The number of rotatable bonds is 7. The number of aromatic nitrogens is 2. The van der Waals surface area contributed by atoms with E-state index in [9.17, 15) is 14.4 Å². The number of hydrogen-bond acceptors (Lipinski definition) is 4. The van der Waals surface area contributed by atoms with Crippen LogP contribution < -0.4 is 10.2 Å². The monoisotopic (exact) mass is 429 g/mol. The molecular formula is C24H23N5O3. The van der Waals surface area contributed by atoms with E-state index >= 15 is 0 Å². The number of fused-ring (bicyclic) bond motifs is 5. The van der Waals surface area contributed by atoms with Crippen molar-refractivity contribution in [3.63, 3.8) is 0 Å². The average molecular weight is 429 g/mol. The maximum absolute atomic E-state index is 13.3. The Morgan fingerprint density at radius 3 is 2.56 bits per heavy atom. The standard InChI is InChI=1S/C24H23N5O3/c30-21(26-12-15-27-14-11-25-16-27)10-5-13-28-22-17-6-1-2-7-18(17)24(32)29(22)20-9-4-3-8-19(20)23(28)31/h1-4,6-9,11,14,16,22H,5,10,12-13,15H2,(H,26,30). The summed E-state index contributed by atoms with van der Waals surface area (Å²) in [6, 6.07) is 14.6. The molecule has 3 heterocycles. The molecule has 32 heavy (non-hydrogen) atoms. The van der Waals surface area contributed by atoms with Gasteiger partial charge in [0.05, 0.1) is 17.6 Å². The first-order valence-corrected chi connectivity index (χ1v) is 10.7. The van der Waals surface area contributed by atoms with Crippen LogP contribution in [0.3, 0.4) is 0 Å². The molecule has 0 radical (unpaired) electrons.